The van der Waals surface area contributed by atoms with Crippen LogP contribution >= 0.6 is 23.4 Å². The number of rotatable bonds is 6. The number of thioether (sulfide) groups is 1. The summed E-state index contributed by atoms with van der Waals surface area (Å²) in [6.45, 7) is 2.11. The molecular weight excluding hydrogens is 230 g/mol. The summed E-state index contributed by atoms with van der Waals surface area (Å²) < 4.78 is 0. The molecule has 0 aliphatic heterocycles. The zero-order chi connectivity index (χ0) is 11.1. The highest BCUT2D eigenvalue weighted by Crippen LogP contribution is 2.15. The second-order valence-electron chi connectivity index (χ2n) is 3.24. The lowest BCUT2D eigenvalue weighted by Gasteiger charge is -2.02. The summed E-state index contributed by atoms with van der Waals surface area (Å²) in [7, 11) is 0. The van der Waals surface area contributed by atoms with E-state index in [1.54, 1.807) is 30.2 Å². The van der Waals surface area contributed by atoms with Crippen molar-refractivity contribution in [3.05, 3.63) is 29.0 Å². The molecule has 0 aliphatic carbocycles. The third-order valence-electron chi connectivity index (χ3n) is 1.86. The fourth-order valence-electron chi connectivity index (χ4n) is 1.14. The van der Waals surface area contributed by atoms with Crippen molar-refractivity contribution in [2.75, 3.05) is 11.5 Å². The number of Topliss-reactive ketones (excluding diaryl/α,β-unsaturated/α-hetero) is 1. The van der Waals surface area contributed by atoms with Crippen molar-refractivity contribution >= 4 is 29.1 Å². The van der Waals surface area contributed by atoms with Gasteiger partial charge in [-0.1, -0.05) is 18.5 Å². The van der Waals surface area contributed by atoms with Crippen LogP contribution in [0, 0.1) is 0 Å². The van der Waals surface area contributed by atoms with Crippen molar-refractivity contribution in [1.29, 1.82) is 0 Å². The van der Waals surface area contributed by atoms with Gasteiger partial charge >= 0.3 is 0 Å². The zero-order valence-corrected chi connectivity index (χ0v) is 10.3. The van der Waals surface area contributed by atoms with Crippen LogP contribution in [0.2, 0.25) is 5.02 Å². The van der Waals surface area contributed by atoms with E-state index in [1.807, 2.05) is 0 Å². The topological polar surface area (TPSA) is 30.0 Å². The van der Waals surface area contributed by atoms with Crippen LogP contribution in [0.4, 0.5) is 0 Å². The molecule has 0 saturated heterocycles. The Morgan fingerprint density at radius 3 is 3.07 bits per heavy atom. The first kappa shape index (κ1) is 12.5. The van der Waals surface area contributed by atoms with Gasteiger partial charge in [0.1, 0.15) is 5.78 Å². The Kier molecular flexibility index (Phi) is 5.73. The highest BCUT2D eigenvalue weighted by Gasteiger charge is 2.06. The summed E-state index contributed by atoms with van der Waals surface area (Å²) in [5, 5.41) is 0.575. The molecule has 0 fully saturated rings. The van der Waals surface area contributed by atoms with Gasteiger partial charge in [0, 0.05) is 18.8 Å². The number of nitrogens with zero attached hydrogens (tertiary/aromatic N) is 1. The monoisotopic (exact) mass is 243 g/mol. The lowest BCUT2D eigenvalue weighted by atomic mass is 10.1. The van der Waals surface area contributed by atoms with Gasteiger partial charge in [-0.3, -0.25) is 9.78 Å². The van der Waals surface area contributed by atoms with Crippen LogP contribution in [0.15, 0.2) is 18.5 Å². The molecule has 0 aliphatic rings. The number of halogens is 1. The molecule has 0 amide bonds. The van der Waals surface area contributed by atoms with E-state index in [0.29, 0.717) is 17.2 Å². The summed E-state index contributed by atoms with van der Waals surface area (Å²) in [5.41, 5.74) is 0.869. The summed E-state index contributed by atoms with van der Waals surface area (Å²) in [6.07, 6.45) is 4.75. The minimum absolute atomic E-state index is 0.224. The predicted octanol–water partition coefficient (Wildman–Crippen LogP) is 2.99. The highest BCUT2D eigenvalue weighted by molar-refractivity contribution is 7.99. The third kappa shape index (κ3) is 4.67. The van der Waals surface area contributed by atoms with Crippen molar-refractivity contribution in [2.45, 2.75) is 19.8 Å². The maximum atomic E-state index is 11.5. The molecule has 1 heterocycles. The van der Waals surface area contributed by atoms with Gasteiger partial charge in [-0.25, -0.2) is 0 Å². The quantitative estimate of drug-likeness (QED) is 0.720. The van der Waals surface area contributed by atoms with E-state index in [9.17, 15) is 4.79 Å². The molecule has 2 nitrogen and oxygen atoms in total. The van der Waals surface area contributed by atoms with Crippen molar-refractivity contribution in [3.8, 4) is 0 Å². The van der Waals surface area contributed by atoms with Gasteiger partial charge in [-0.15, -0.1) is 0 Å². The first-order valence-corrected chi connectivity index (χ1v) is 6.45. The average Bonchev–Trinajstić information content (AvgIpc) is 2.22. The predicted molar refractivity (Wildman–Crippen MR) is 65.6 cm³/mol. The third-order valence-corrected chi connectivity index (χ3v) is 3.42. The van der Waals surface area contributed by atoms with Crippen molar-refractivity contribution in [1.82, 2.24) is 4.98 Å². The van der Waals surface area contributed by atoms with Crippen molar-refractivity contribution < 1.29 is 4.79 Å². The van der Waals surface area contributed by atoms with E-state index in [2.05, 4.69) is 11.9 Å². The molecular formula is C11H14ClNOS. The summed E-state index contributed by atoms with van der Waals surface area (Å²) in [5.74, 6) is 1.84. The van der Waals surface area contributed by atoms with Crippen LogP contribution in [-0.2, 0) is 11.2 Å². The smallest absolute Gasteiger partial charge is 0.147 e. The lowest BCUT2D eigenvalue weighted by Crippen LogP contribution is -2.06. The molecule has 0 aromatic carbocycles. The molecule has 0 radical (unpaired) electrons. The standard InChI is InChI=1S/C11H14ClNOS/c1-2-5-15-8-10(14)6-9-3-4-13-7-11(9)12/h3-4,7H,2,5-6,8H2,1H3. The Morgan fingerprint density at radius 2 is 2.40 bits per heavy atom. The molecule has 4 heteroatoms. The van der Waals surface area contributed by atoms with Gasteiger partial charge in [-0.05, 0) is 23.8 Å². The number of pyridine rings is 1. The molecule has 1 aromatic rings. The number of hydrogen-bond acceptors (Lipinski definition) is 3. The van der Waals surface area contributed by atoms with Gasteiger partial charge in [0.15, 0.2) is 0 Å². The molecule has 1 aromatic heterocycles. The molecule has 0 bridgehead atoms. The molecule has 0 unspecified atom stereocenters. The Hall–Kier alpha value is -0.540. The Labute approximate surface area is 99.4 Å². The van der Waals surface area contributed by atoms with Gasteiger partial charge in [0.05, 0.1) is 10.8 Å². The van der Waals surface area contributed by atoms with Crippen molar-refractivity contribution in [2.24, 2.45) is 0 Å². The van der Waals surface area contributed by atoms with Crippen LogP contribution in [0.1, 0.15) is 18.9 Å². The molecule has 0 spiro atoms. The second-order valence-corrected chi connectivity index (χ2v) is 4.75. The number of aromatic nitrogens is 1. The molecule has 0 N–H and O–H groups in total. The fraction of sp³-hybridized carbons (Fsp3) is 0.455. The zero-order valence-electron chi connectivity index (χ0n) is 8.70. The van der Waals surface area contributed by atoms with E-state index in [1.165, 1.54) is 0 Å². The molecule has 1 rings (SSSR count). The largest absolute Gasteiger partial charge is 0.298 e. The first-order chi connectivity index (χ1) is 7.24. The Morgan fingerprint density at radius 1 is 1.60 bits per heavy atom. The normalized spacial score (nSPS) is 10.3. The number of ketones is 1. The van der Waals surface area contributed by atoms with E-state index in [4.69, 9.17) is 11.6 Å². The maximum Gasteiger partial charge on any atom is 0.147 e. The van der Waals surface area contributed by atoms with E-state index in [0.717, 1.165) is 17.7 Å². The molecule has 0 saturated carbocycles. The number of hydrogen-bond donors (Lipinski definition) is 0. The first-order valence-electron chi connectivity index (χ1n) is 4.92. The van der Waals surface area contributed by atoms with Crippen LogP contribution in [0.5, 0.6) is 0 Å². The minimum Gasteiger partial charge on any atom is -0.298 e. The Balaban J connectivity index is 2.41. The van der Waals surface area contributed by atoms with E-state index < -0.39 is 0 Å². The van der Waals surface area contributed by atoms with Gasteiger partial charge in [0.2, 0.25) is 0 Å². The van der Waals surface area contributed by atoms with Gasteiger partial charge < -0.3 is 0 Å². The van der Waals surface area contributed by atoms with Gasteiger partial charge in [0.25, 0.3) is 0 Å². The van der Waals surface area contributed by atoms with Crippen LogP contribution in [-0.4, -0.2) is 22.3 Å². The minimum atomic E-state index is 0.224. The molecule has 0 atom stereocenters. The molecule has 15 heavy (non-hydrogen) atoms. The summed E-state index contributed by atoms with van der Waals surface area (Å²) in [4.78, 5) is 15.4. The molecule has 82 valence electrons. The number of carbonyl (C=O) groups excluding carboxylic acids is 1. The van der Waals surface area contributed by atoms with Crippen LogP contribution < -0.4 is 0 Å². The highest BCUT2D eigenvalue weighted by atomic mass is 35.5. The Bertz CT molecular complexity index is 330. The van der Waals surface area contributed by atoms with Crippen molar-refractivity contribution in [3.63, 3.8) is 0 Å². The average molecular weight is 244 g/mol. The van der Waals surface area contributed by atoms with Crippen LogP contribution in [0.25, 0.3) is 0 Å². The summed E-state index contributed by atoms with van der Waals surface area (Å²) >= 11 is 7.59. The fourth-order valence-corrected chi connectivity index (χ4v) is 2.09. The lowest BCUT2D eigenvalue weighted by molar-refractivity contribution is -0.116. The second kappa shape index (κ2) is 6.85. The SMILES string of the molecule is CCCSCC(=O)Cc1ccncc1Cl. The van der Waals surface area contributed by atoms with E-state index >= 15 is 0 Å². The summed E-state index contributed by atoms with van der Waals surface area (Å²) in [6, 6.07) is 1.80. The van der Waals surface area contributed by atoms with Crippen LogP contribution in [0.3, 0.4) is 0 Å². The maximum absolute atomic E-state index is 11.5. The van der Waals surface area contributed by atoms with Gasteiger partial charge in [-0.2, -0.15) is 11.8 Å². The number of carbonyl (C=O) groups is 1. The van der Waals surface area contributed by atoms with E-state index in [-0.39, 0.29) is 5.78 Å².